The van der Waals surface area contributed by atoms with Crippen molar-refractivity contribution in [2.24, 2.45) is 5.92 Å². The van der Waals surface area contributed by atoms with Gasteiger partial charge >= 0.3 is 0 Å². The Kier molecular flexibility index (Phi) is 4.44. The highest BCUT2D eigenvalue weighted by Crippen LogP contribution is 2.13. The average Bonchev–Trinajstić information content (AvgIpc) is 2.28. The minimum atomic E-state index is -0.308. The first-order valence-electron chi connectivity index (χ1n) is 5.75. The molecular formula is C14H19NO2. The average molecular weight is 233 g/mol. The molecule has 0 aliphatic rings. The van der Waals surface area contributed by atoms with Crippen LogP contribution in [0.1, 0.15) is 19.4 Å². The number of anilines is 1. The van der Waals surface area contributed by atoms with Crippen LogP contribution in [0, 0.1) is 5.92 Å². The van der Waals surface area contributed by atoms with Gasteiger partial charge in [0.1, 0.15) is 0 Å². The minimum Gasteiger partial charge on any atom is -0.378 e. The first-order chi connectivity index (χ1) is 7.91. The molecule has 0 amide bonds. The molecule has 1 rings (SSSR count). The van der Waals surface area contributed by atoms with E-state index in [-0.39, 0.29) is 23.9 Å². The molecule has 0 saturated heterocycles. The van der Waals surface area contributed by atoms with Gasteiger partial charge in [0.15, 0.2) is 0 Å². The van der Waals surface area contributed by atoms with Gasteiger partial charge in [0.05, 0.1) is 0 Å². The van der Waals surface area contributed by atoms with Gasteiger partial charge in [-0.2, -0.15) is 0 Å². The summed E-state index contributed by atoms with van der Waals surface area (Å²) in [6.45, 7) is 3.49. The lowest BCUT2D eigenvalue weighted by Gasteiger charge is -2.12. The lowest BCUT2D eigenvalue weighted by molar-refractivity contribution is -0.138. The van der Waals surface area contributed by atoms with Crippen LogP contribution in [0.4, 0.5) is 5.69 Å². The van der Waals surface area contributed by atoms with Crippen LogP contribution < -0.4 is 4.90 Å². The van der Waals surface area contributed by atoms with Crippen molar-refractivity contribution in [3.05, 3.63) is 29.8 Å². The van der Waals surface area contributed by atoms with E-state index < -0.39 is 0 Å². The van der Waals surface area contributed by atoms with Gasteiger partial charge in [0.25, 0.3) is 0 Å². The Morgan fingerprint density at radius 2 is 1.65 bits per heavy atom. The van der Waals surface area contributed by atoms with Crippen LogP contribution in [0.25, 0.3) is 0 Å². The number of Topliss-reactive ketones (excluding diaryl/α,β-unsaturated/α-hetero) is 2. The summed E-state index contributed by atoms with van der Waals surface area (Å²) in [5.41, 5.74) is 1.96. The van der Waals surface area contributed by atoms with E-state index in [0.29, 0.717) is 0 Å². The molecule has 3 heteroatoms. The number of hydrogen-bond acceptors (Lipinski definition) is 3. The summed E-state index contributed by atoms with van der Waals surface area (Å²) in [7, 11) is 3.92. The van der Waals surface area contributed by atoms with Crippen LogP contribution in [0.3, 0.4) is 0 Å². The number of hydrogen-bond donors (Lipinski definition) is 0. The van der Waals surface area contributed by atoms with E-state index in [1.807, 2.05) is 43.3 Å². The summed E-state index contributed by atoms with van der Waals surface area (Å²) >= 11 is 0. The lowest BCUT2D eigenvalue weighted by Crippen LogP contribution is -2.21. The molecule has 0 N–H and O–H groups in total. The van der Waals surface area contributed by atoms with Gasteiger partial charge in [-0.25, -0.2) is 0 Å². The van der Waals surface area contributed by atoms with Crippen molar-refractivity contribution in [1.82, 2.24) is 0 Å². The minimum absolute atomic E-state index is 0.199. The van der Waals surface area contributed by atoms with Gasteiger partial charge in [-0.3, -0.25) is 9.59 Å². The van der Waals surface area contributed by atoms with Gasteiger partial charge in [0.2, 0.25) is 11.6 Å². The first kappa shape index (κ1) is 13.4. The molecule has 0 spiro atoms. The molecule has 1 aromatic rings. The first-order valence-corrected chi connectivity index (χ1v) is 5.75. The van der Waals surface area contributed by atoms with E-state index >= 15 is 0 Å². The van der Waals surface area contributed by atoms with Gasteiger partial charge in [-0.05, 0) is 17.7 Å². The van der Waals surface area contributed by atoms with E-state index in [4.69, 9.17) is 0 Å². The quantitative estimate of drug-likeness (QED) is 0.731. The Bertz CT molecular complexity index is 405. The Hall–Kier alpha value is -1.64. The standard InChI is InChI=1S/C14H19NO2/c1-10(2)14(17)13(16)9-11-5-7-12(8-6-11)15(3)4/h5-8,10H,9H2,1-4H3. The molecule has 0 atom stereocenters. The van der Waals surface area contributed by atoms with Crippen molar-refractivity contribution in [2.75, 3.05) is 19.0 Å². The van der Waals surface area contributed by atoms with E-state index in [1.165, 1.54) is 0 Å². The fourth-order valence-electron chi connectivity index (χ4n) is 1.51. The summed E-state index contributed by atoms with van der Waals surface area (Å²) in [6, 6.07) is 7.67. The molecule has 0 aromatic heterocycles. The molecule has 92 valence electrons. The molecular weight excluding hydrogens is 214 g/mol. The Balaban J connectivity index is 2.70. The van der Waals surface area contributed by atoms with Crippen molar-refractivity contribution in [3.63, 3.8) is 0 Å². The summed E-state index contributed by atoms with van der Waals surface area (Å²) in [5.74, 6) is -0.817. The van der Waals surface area contributed by atoms with E-state index in [0.717, 1.165) is 11.3 Å². The van der Waals surface area contributed by atoms with E-state index in [2.05, 4.69) is 0 Å². The van der Waals surface area contributed by atoms with Gasteiger partial charge in [0, 0.05) is 32.1 Å². The SMILES string of the molecule is CC(C)C(=O)C(=O)Cc1ccc(N(C)C)cc1. The Morgan fingerprint density at radius 1 is 1.12 bits per heavy atom. The fourth-order valence-corrected chi connectivity index (χ4v) is 1.51. The summed E-state index contributed by atoms with van der Waals surface area (Å²) in [5, 5.41) is 0. The monoisotopic (exact) mass is 233 g/mol. The van der Waals surface area contributed by atoms with Gasteiger partial charge in [-0.15, -0.1) is 0 Å². The van der Waals surface area contributed by atoms with Crippen LogP contribution in [0.15, 0.2) is 24.3 Å². The third kappa shape index (κ3) is 3.70. The predicted molar refractivity (Wildman–Crippen MR) is 69.3 cm³/mol. The van der Waals surface area contributed by atoms with Gasteiger partial charge in [-0.1, -0.05) is 26.0 Å². The normalized spacial score (nSPS) is 10.4. The zero-order valence-corrected chi connectivity index (χ0v) is 10.9. The molecule has 0 heterocycles. The highest BCUT2D eigenvalue weighted by Gasteiger charge is 2.17. The van der Waals surface area contributed by atoms with Crippen LogP contribution in [0.2, 0.25) is 0 Å². The second-order valence-electron chi connectivity index (χ2n) is 4.68. The van der Waals surface area contributed by atoms with Crippen LogP contribution in [0.5, 0.6) is 0 Å². The third-order valence-electron chi connectivity index (χ3n) is 2.62. The highest BCUT2D eigenvalue weighted by molar-refractivity contribution is 6.38. The molecule has 1 aromatic carbocycles. The van der Waals surface area contributed by atoms with E-state index in [1.54, 1.807) is 13.8 Å². The third-order valence-corrected chi connectivity index (χ3v) is 2.62. The maximum atomic E-state index is 11.6. The Morgan fingerprint density at radius 3 is 2.06 bits per heavy atom. The molecule has 0 unspecified atom stereocenters. The van der Waals surface area contributed by atoms with Crippen molar-refractivity contribution in [2.45, 2.75) is 20.3 Å². The van der Waals surface area contributed by atoms with Crippen LogP contribution >= 0.6 is 0 Å². The summed E-state index contributed by atoms with van der Waals surface area (Å²) in [4.78, 5) is 25.1. The van der Waals surface area contributed by atoms with Crippen molar-refractivity contribution < 1.29 is 9.59 Å². The number of rotatable bonds is 5. The molecule has 0 aliphatic heterocycles. The fraction of sp³-hybridized carbons (Fsp3) is 0.429. The topological polar surface area (TPSA) is 37.4 Å². The second-order valence-corrected chi connectivity index (χ2v) is 4.68. The van der Waals surface area contributed by atoms with Gasteiger partial charge < -0.3 is 4.90 Å². The summed E-state index contributed by atoms with van der Waals surface area (Å²) < 4.78 is 0. The molecule has 17 heavy (non-hydrogen) atoms. The maximum absolute atomic E-state index is 11.6. The maximum Gasteiger partial charge on any atom is 0.203 e. The van der Waals surface area contributed by atoms with E-state index in [9.17, 15) is 9.59 Å². The molecule has 0 saturated carbocycles. The van der Waals surface area contributed by atoms with Crippen molar-refractivity contribution in [1.29, 1.82) is 0 Å². The molecule has 0 fully saturated rings. The number of carbonyl (C=O) groups is 2. The number of benzene rings is 1. The zero-order valence-electron chi connectivity index (χ0n) is 10.9. The summed E-state index contributed by atoms with van der Waals surface area (Å²) in [6.07, 6.45) is 0.199. The predicted octanol–water partition coefficient (Wildman–Crippen LogP) is 2.09. The lowest BCUT2D eigenvalue weighted by atomic mass is 9.99. The number of ketones is 2. The largest absolute Gasteiger partial charge is 0.378 e. The van der Waals surface area contributed by atoms with Crippen LogP contribution in [-0.4, -0.2) is 25.7 Å². The van der Waals surface area contributed by atoms with Crippen LogP contribution in [-0.2, 0) is 16.0 Å². The molecule has 0 radical (unpaired) electrons. The Labute approximate surface area is 102 Å². The smallest absolute Gasteiger partial charge is 0.203 e. The number of carbonyl (C=O) groups excluding carboxylic acids is 2. The molecule has 3 nitrogen and oxygen atoms in total. The number of nitrogens with zero attached hydrogens (tertiary/aromatic N) is 1. The second kappa shape index (κ2) is 5.62. The van der Waals surface area contributed by atoms with Crippen molar-refractivity contribution >= 4 is 17.3 Å². The highest BCUT2D eigenvalue weighted by atomic mass is 16.2. The zero-order chi connectivity index (χ0) is 13.0. The van der Waals surface area contributed by atoms with Crippen molar-refractivity contribution in [3.8, 4) is 0 Å². The molecule has 0 aliphatic carbocycles. The molecule has 0 bridgehead atoms.